The molecule has 2 bridgehead atoms. The highest BCUT2D eigenvalue weighted by Gasteiger charge is 2.70. The largest absolute Gasteiger partial charge is 0.478 e. The zero-order valence-corrected chi connectivity index (χ0v) is 33.4. The maximum Gasteiger partial charge on any atom is 0.335 e. The van der Waals surface area contributed by atoms with Gasteiger partial charge in [-0.1, -0.05) is 65.0 Å². The van der Waals surface area contributed by atoms with Crippen molar-refractivity contribution in [3.8, 4) is 0 Å². The number of nitrogens with zero attached hydrogens (tertiary/aromatic N) is 2. The fraction of sp³-hybridized carbons (Fsp3) is 0.750. The minimum absolute atomic E-state index is 0.0275. The minimum Gasteiger partial charge on any atom is -0.478 e. The van der Waals surface area contributed by atoms with Crippen LogP contribution in [-0.2, 0) is 11.0 Å². The maximum atomic E-state index is 12.2. The van der Waals surface area contributed by atoms with Gasteiger partial charge in [0, 0.05) is 50.1 Å². The van der Waals surface area contributed by atoms with Gasteiger partial charge in [-0.15, -0.1) is 0 Å². The molecule has 1 aromatic rings. The molecule has 2 heterocycles. The Kier molecular flexibility index (Phi) is 8.77. The topological polar surface area (TPSA) is 72.9 Å². The van der Waals surface area contributed by atoms with Gasteiger partial charge in [-0.25, -0.2) is 13.3 Å². The molecule has 0 spiro atoms. The Bertz CT molecular complexity index is 1640. The molecule has 51 heavy (non-hydrogen) atoms. The Hall–Kier alpha value is -1.80. The number of hydrogen-bond acceptors (Lipinski definition) is 4. The molecule has 1 aromatic carbocycles. The summed E-state index contributed by atoms with van der Waals surface area (Å²) in [5, 5.41) is 13.8. The van der Waals surface area contributed by atoms with Crippen molar-refractivity contribution in [1.29, 1.82) is 0 Å². The zero-order chi connectivity index (χ0) is 36.3. The van der Waals surface area contributed by atoms with E-state index in [2.05, 4.69) is 68.7 Å². The minimum atomic E-state index is -0.859. The van der Waals surface area contributed by atoms with E-state index in [1.165, 1.54) is 74.5 Å². The van der Waals surface area contributed by atoms with Crippen molar-refractivity contribution in [2.45, 2.75) is 123 Å². The number of hydrogen-bond donors (Lipinski definition) is 2. The van der Waals surface area contributed by atoms with Crippen LogP contribution in [0.5, 0.6) is 0 Å². The van der Waals surface area contributed by atoms with Gasteiger partial charge in [-0.3, -0.25) is 4.90 Å². The van der Waals surface area contributed by atoms with Gasteiger partial charge in [0.25, 0.3) is 0 Å². The van der Waals surface area contributed by atoms with Crippen LogP contribution >= 0.6 is 0 Å². The second-order valence-electron chi connectivity index (χ2n) is 19.8. The molecule has 0 amide bonds. The fourth-order valence-corrected chi connectivity index (χ4v) is 16.0. The molecule has 8 rings (SSSR count). The summed E-state index contributed by atoms with van der Waals surface area (Å²) in [6.07, 6.45) is 17.1. The Morgan fingerprint density at radius 3 is 2.33 bits per heavy atom. The highest BCUT2D eigenvalue weighted by molar-refractivity contribution is 7.81. The van der Waals surface area contributed by atoms with Crippen LogP contribution < -0.4 is 5.32 Å². The average molecular weight is 716 g/mol. The second kappa shape index (κ2) is 12.4. The Balaban J connectivity index is 1.04. The van der Waals surface area contributed by atoms with Gasteiger partial charge in [0.2, 0.25) is 0 Å². The molecule has 1 unspecified atom stereocenters. The Morgan fingerprint density at radius 1 is 0.941 bits per heavy atom. The Labute approximate surface area is 310 Å². The third kappa shape index (κ3) is 5.23. The SMILES string of the molecule is C=C(C)[C@@H]1CC[C@]2(NCCN3C[C@@H]4C[C@H]3CN4S(C)=O)CC[C@]3(C)[C@H](CC[C@@H]4[C@@]5(C)CC=C(c6ccc(C(=O)O)cc6)C(C)(C)[C@@H]5CC[C@]43C)[C@@H]12. The molecular formula is C44H65N3O3S. The van der Waals surface area contributed by atoms with E-state index in [1.54, 1.807) is 12.1 Å². The first-order valence-electron chi connectivity index (χ1n) is 20.3. The van der Waals surface area contributed by atoms with E-state index in [9.17, 15) is 14.1 Å². The number of benzene rings is 1. The highest BCUT2D eigenvalue weighted by atomic mass is 32.2. The molecule has 12 atom stereocenters. The van der Waals surface area contributed by atoms with Crippen LogP contribution in [0.2, 0.25) is 0 Å². The lowest BCUT2D eigenvalue weighted by atomic mass is 9.33. The fourth-order valence-electron chi connectivity index (χ4n) is 15.1. The van der Waals surface area contributed by atoms with E-state index >= 15 is 0 Å². The van der Waals surface area contributed by atoms with Gasteiger partial charge < -0.3 is 10.4 Å². The van der Waals surface area contributed by atoms with Crippen LogP contribution in [0.25, 0.3) is 5.57 Å². The zero-order valence-electron chi connectivity index (χ0n) is 32.6. The second-order valence-corrected chi connectivity index (χ2v) is 21.1. The summed E-state index contributed by atoms with van der Waals surface area (Å²) in [7, 11) is -0.850. The van der Waals surface area contributed by atoms with E-state index in [0.29, 0.717) is 52.1 Å². The van der Waals surface area contributed by atoms with Crippen molar-refractivity contribution in [2.24, 2.45) is 51.2 Å². The van der Waals surface area contributed by atoms with E-state index < -0.39 is 17.0 Å². The number of aromatic carboxylic acids is 1. The third-order valence-electron chi connectivity index (χ3n) is 17.6. The first kappa shape index (κ1) is 36.2. The third-order valence-corrected chi connectivity index (χ3v) is 18.7. The van der Waals surface area contributed by atoms with E-state index in [4.69, 9.17) is 0 Å². The first-order valence-corrected chi connectivity index (χ1v) is 21.9. The number of fused-ring (bicyclic) bond motifs is 9. The number of likely N-dealkylation sites (tertiary alicyclic amines) is 1. The van der Waals surface area contributed by atoms with Crippen LogP contribution in [0, 0.1) is 51.2 Å². The predicted octanol–water partition coefficient (Wildman–Crippen LogP) is 8.43. The molecular weight excluding hydrogens is 651 g/mol. The number of nitrogens with one attached hydrogen (secondary N) is 1. The van der Waals surface area contributed by atoms with Gasteiger partial charge in [-0.05, 0) is 146 Å². The standard InChI is InChI=1S/C44H65N3O3S/c1-28(2)33-15-20-44(45-23-24-46-26-32-25-31(46)27-47(32)51(8)50)22-21-42(6)35(38(33)44)13-14-37-41(5)18-16-34(29-9-11-30(12-10-29)39(48)49)40(3,4)36(41)17-19-43(37,42)7/h9-12,16,31-33,35-38,45H,1,13-15,17-27H2,2-8H3,(H,48,49)/t31-,32-,33-,35+,36-,37+,38+,41-,42+,43+,44-,51?/m0/s1. The summed E-state index contributed by atoms with van der Waals surface area (Å²) in [5.74, 6) is 2.43. The van der Waals surface area contributed by atoms with Crippen LogP contribution in [-0.4, -0.2) is 74.5 Å². The lowest BCUT2D eigenvalue weighted by Crippen LogP contribution is -2.68. The number of carboxylic acid groups (broad SMARTS) is 1. The van der Waals surface area contributed by atoms with Crippen molar-refractivity contribution in [1.82, 2.24) is 14.5 Å². The van der Waals surface area contributed by atoms with Crippen molar-refractivity contribution in [2.75, 3.05) is 32.4 Å². The molecule has 2 aliphatic heterocycles. The quantitative estimate of drug-likeness (QED) is 0.265. The molecule has 0 radical (unpaired) electrons. The van der Waals surface area contributed by atoms with Crippen LogP contribution in [0.15, 0.2) is 42.5 Å². The van der Waals surface area contributed by atoms with Crippen LogP contribution in [0.1, 0.15) is 122 Å². The van der Waals surface area contributed by atoms with E-state index in [-0.39, 0.29) is 16.4 Å². The number of allylic oxidation sites excluding steroid dienone is 3. The number of carboxylic acids is 1. The van der Waals surface area contributed by atoms with Gasteiger partial charge in [0.15, 0.2) is 0 Å². The summed E-state index contributed by atoms with van der Waals surface area (Å²) in [5.41, 5.74) is 5.48. The van der Waals surface area contributed by atoms with Gasteiger partial charge in [0.1, 0.15) is 0 Å². The van der Waals surface area contributed by atoms with E-state index in [0.717, 1.165) is 38.5 Å². The van der Waals surface area contributed by atoms with Crippen molar-refractivity contribution < 1.29 is 14.1 Å². The normalized spacial score (nSPS) is 44.9. The van der Waals surface area contributed by atoms with Crippen molar-refractivity contribution >= 4 is 22.5 Å². The van der Waals surface area contributed by atoms with Crippen molar-refractivity contribution in [3.05, 3.63) is 53.6 Å². The van der Waals surface area contributed by atoms with Crippen LogP contribution in [0.4, 0.5) is 0 Å². The van der Waals surface area contributed by atoms with E-state index in [1.807, 2.05) is 18.4 Å². The van der Waals surface area contributed by atoms with Crippen molar-refractivity contribution in [3.63, 3.8) is 0 Å². The smallest absolute Gasteiger partial charge is 0.335 e. The lowest BCUT2D eigenvalue weighted by Gasteiger charge is -2.72. The molecule has 4 saturated carbocycles. The average Bonchev–Trinajstić information content (AvgIpc) is 3.79. The summed E-state index contributed by atoms with van der Waals surface area (Å²) < 4.78 is 14.4. The predicted molar refractivity (Wildman–Crippen MR) is 209 cm³/mol. The maximum absolute atomic E-state index is 12.2. The molecule has 7 heteroatoms. The van der Waals surface area contributed by atoms with Crippen LogP contribution in [0.3, 0.4) is 0 Å². The summed E-state index contributed by atoms with van der Waals surface area (Å²) in [6, 6.07) is 8.67. The molecule has 280 valence electrons. The molecule has 6 nitrogen and oxygen atoms in total. The molecule has 2 saturated heterocycles. The number of rotatable bonds is 8. The lowest BCUT2D eigenvalue weighted by molar-refractivity contribution is -0.219. The van der Waals surface area contributed by atoms with Gasteiger partial charge in [0.05, 0.1) is 16.5 Å². The molecule has 2 N–H and O–H groups in total. The molecule has 5 aliphatic carbocycles. The number of carbonyl (C=O) groups is 1. The summed E-state index contributed by atoms with van der Waals surface area (Å²) in [4.78, 5) is 14.3. The highest BCUT2D eigenvalue weighted by Crippen LogP contribution is 2.76. The monoisotopic (exact) mass is 715 g/mol. The summed E-state index contributed by atoms with van der Waals surface area (Å²) >= 11 is 0. The molecule has 6 fully saturated rings. The van der Waals surface area contributed by atoms with Gasteiger partial charge in [-0.2, -0.15) is 0 Å². The summed E-state index contributed by atoms with van der Waals surface area (Å²) in [6.45, 7) is 24.3. The molecule has 0 aromatic heterocycles. The number of piperazine rings is 1. The molecule has 7 aliphatic rings. The Morgan fingerprint density at radius 2 is 1.69 bits per heavy atom. The first-order chi connectivity index (χ1) is 24.1. The van der Waals surface area contributed by atoms with Gasteiger partial charge >= 0.3 is 5.97 Å².